The van der Waals surface area contributed by atoms with E-state index in [1.807, 2.05) is 0 Å². The molecule has 1 aromatic carbocycles. The van der Waals surface area contributed by atoms with Crippen LogP contribution in [0.15, 0.2) is 24.5 Å². The van der Waals surface area contributed by atoms with Crippen LogP contribution in [0.25, 0.3) is 0 Å². The Hall–Kier alpha value is -2.09. The molecule has 0 aliphatic heterocycles. The number of nitro groups is 1. The van der Waals surface area contributed by atoms with Crippen molar-refractivity contribution >= 4 is 28.9 Å². The van der Waals surface area contributed by atoms with Crippen LogP contribution in [-0.4, -0.2) is 28.2 Å². The van der Waals surface area contributed by atoms with E-state index in [9.17, 15) is 15.2 Å². The number of halogens is 2. The molecule has 1 atom stereocenters. The smallest absolute Gasteiger partial charge is 0.279 e. The quantitative estimate of drug-likeness (QED) is 0.442. The molecule has 156 valence electrons. The van der Waals surface area contributed by atoms with E-state index in [2.05, 4.69) is 4.98 Å². The van der Waals surface area contributed by atoms with Gasteiger partial charge in [-0.1, -0.05) is 23.2 Å². The van der Waals surface area contributed by atoms with Crippen LogP contribution in [0.4, 0.5) is 5.69 Å². The van der Waals surface area contributed by atoms with Crippen molar-refractivity contribution < 1.29 is 19.5 Å². The molecule has 0 radical (unpaired) electrons. The summed E-state index contributed by atoms with van der Waals surface area (Å²) < 4.78 is 11.3. The molecule has 1 heterocycles. The number of nitro benzene ring substituents is 1. The Kier molecular flexibility index (Phi) is 7.16. The third-order valence-electron chi connectivity index (χ3n) is 5.08. The molecule has 7 nitrogen and oxygen atoms in total. The summed E-state index contributed by atoms with van der Waals surface area (Å²) in [5.74, 6) is 0.679. The van der Waals surface area contributed by atoms with Gasteiger partial charge in [0.1, 0.15) is 0 Å². The average Bonchev–Trinajstić information content (AvgIpc) is 3.20. The van der Waals surface area contributed by atoms with Gasteiger partial charge in [-0.2, -0.15) is 0 Å². The van der Waals surface area contributed by atoms with Crippen molar-refractivity contribution in [3.8, 4) is 11.5 Å². The van der Waals surface area contributed by atoms with E-state index in [1.165, 1.54) is 31.6 Å². The van der Waals surface area contributed by atoms with Gasteiger partial charge in [-0.15, -0.1) is 0 Å². The molecule has 1 N–H and O–H groups in total. The lowest BCUT2D eigenvalue weighted by Gasteiger charge is -2.19. The van der Waals surface area contributed by atoms with Crippen molar-refractivity contribution in [2.75, 3.05) is 7.11 Å². The van der Waals surface area contributed by atoms with Gasteiger partial charge in [0, 0.05) is 12.4 Å². The first-order valence-corrected chi connectivity index (χ1v) is 10.1. The number of ether oxygens (including phenoxy) is 2. The Bertz CT molecular complexity index is 867. The second-order valence-corrected chi connectivity index (χ2v) is 7.79. The summed E-state index contributed by atoms with van der Waals surface area (Å²) in [5, 5.41) is 23.1. The van der Waals surface area contributed by atoms with Crippen molar-refractivity contribution in [1.29, 1.82) is 0 Å². The van der Waals surface area contributed by atoms with E-state index in [4.69, 9.17) is 32.7 Å². The molecule has 1 fully saturated rings. The van der Waals surface area contributed by atoms with E-state index in [0.29, 0.717) is 27.8 Å². The fourth-order valence-electron chi connectivity index (χ4n) is 3.54. The standard InChI is InChI=1S/C20H22Cl2N2O5/c1-28-19-9-17(24(26)27)14(8-20(19)29-12-4-2-3-5-12)18(25)7-6-13-15(21)10-23-11-16(13)22/h8-12,18,25H,2-7H2,1H3. The lowest BCUT2D eigenvalue weighted by Crippen LogP contribution is -2.13. The third-order valence-corrected chi connectivity index (χ3v) is 5.74. The van der Waals surface area contributed by atoms with Gasteiger partial charge in [0.15, 0.2) is 11.5 Å². The van der Waals surface area contributed by atoms with Crippen LogP contribution in [0.3, 0.4) is 0 Å². The predicted molar refractivity (Wildman–Crippen MR) is 110 cm³/mol. The zero-order valence-corrected chi connectivity index (χ0v) is 17.4. The maximum atomic E-state index is 11.6. The molecular formula is C20H22Cl2N2O5. The number of benzene rings is 1. The Morgan fingerprint density at radius 1 is 1.24 bits per heavy atom. The number of aliphatic hydroxyl groups is 1. The highest BCUT2D eigenvalue weighted by atomic mass is 35.5. The molecule has 0 bridgehead atoms. The van der Waals surface area contributed by atoms with Gasteiger partial charge in [0.05, 0.1) is 45.9 Å². The van der Waals surface area contributed by atoms with Gasteiger partial charge >= 0.3 is 0 Å². The Morgan fingerprint density at radius 3 is 2.48 bits per heavy atom. The first-order valence-electron chi connectivity index (χ1n) is 9.39. The number of hydrogen-bond acceptors (Lipinski definition) is 6. The molecule has 3 rings (SSSR count). The molecule has 1 unspecified atom stereocenters. The minimum Gasteiger partial charge on any atom is -0.493 e. The predicted octanol–water partition coefficient (Wildman–Crippen LogP) is 5.29. The average molecular weight is 441 g/mol. The van der Waals surface area contributed by atoms with Crippen molar-refractivity contribution in [2.45, 2.75) is 50.7 Å². The molecule has 0 amide bonds. The van der Waals surface area contributed by atoms with E-state index < -0.39 is 11.0 Å². The highest BCUT2D eigenvalue weighted by Crippen LogP contribution is 2.40. The summed E-state index contributed by atoms with van der Waals surface area (Å²) in [5.41, 5.74) is 0.589. The molecule has 1 aromatic heterocycles. The minimum absolute atomic E-state index is 0.0461. The number of rotatable bonds is 8. The largest absolute Gasteiger partial charge is 0.493 e. The second kappa shape index (κ2) is 9.61. The summed E-state index contributed by atoms with van der Waals surface area (Å²) >= 11 is 12.3. The molecule has 1 saturated carbocycles. The van der Waals surface area contributed by atoms with Gasteiger partial charge in [0.2, 0.25) is 0 Å². The van der Waals surface area contributed by atoms with E-state index in [1.54, 1.807) is 0 Å². The van der Waals surface area contributed by atoms with Gasteiger partial charge < -0.3 is 14.6 Å². The second-order valence-electron chi connectivity index (χ2n) is 6.98. The van der Waals surface area contributed by atoms with Crippen LogP contribution in [0.1, 0.15) is 49.3 Å². The summed E-state index contributed by atoms with van der Waals surface area (Å²) in [6.07, 6.45) is 6.44. The molecule has 29 heavy (non-hydrogen) atoms. The molecule has 0 saturated heterocycles. The van der Waals surface area contributed by atoms with E-state index in [0.717, 1.165) is 25.7 Å². The topological polar surface area (TPSA) is 94.7 Å². The number of nitrogens with zero attached hydrogens (tertiary/aromatic N) is 2. The van der Waals surface area contributed by atoms with Crippen molar-refractivity contribution in [3.05, 3.63) is 55.8 Å². The van der Waals surface area contributed by atoms with Gasteiger partial charge in [-0.25, -0.2) is 0 Å². The Morgan fingerprint density at radius 2 is 1.90 bits per heavy atom. The van der Waals surface area contributed by atoms with Crippen LogP contribution in [0.5, 0.6) is 11.5 Å². The van der Waals surface area contributed by atoms with E-state index >= 15 is 0 Å². The fraction of sp³-hybridized carbons (Fsp3) is 0.450. The monoisotopic (exact) mass is 440 g/mol. The summed E-state index contributed by atoms with van der Waals surface area (Å²) in [6.45, 7) is 0. The Balaban J connectivity index is 1.87. The highest BCUT2D eigenvalue weighted by molar-refractivity contribution is 6.35. The van der Waals surface area contributed by atoms with Gasteiger partial charge in [0.25, 0.3) is 5.69 Å². The van der Waals surface area contributed by atoms with E-state index in [-0.39, 0.29) is 29.5 Å². The zero-order valence-electron chi connectivity index (χ0n) is 15.9. The van der Waals surface area contributed by atoms with Crippen LogP contribution >= 0.6 is 23.2 Å². The maximum absolute atomic E-state index is 11.6. The first-order chi connectivity index (χ1) is 13.9. The SMILES string of the molecule is COc1cc([N+](=O)[O-])c(C(O)CCc2c(Cl)cncc2Cl)cc1OC1CCCC1. The first kappa shape index (κ1) is 21.6. The molecular weight excluding hydrogens is 419 g/mol. The molecule has 1 aliphatic carbocycles. The number of pyridine rings is 1. The maximum Gasteiger partial charge on any atom is 0.279 e. The van der Waals surface area contributed by atoms with Crippen molar-refractivity contribution in [2.24, 2.45) is 0 Å². The van der Waals surface area contributed by atoms with Crippen molar-refractivity contribution in [3.63, 3.8) is 0 Å². The van der Waals surface area contributed by atoms with Crippen LogP contribution in [0.2, 0.25) is 10.0 Å². The lowest BCUT2D eigenvalue weighted by atomic mass is 9.99. The normalized spacial score (nSPS) is 15.3. The molecule has 0 spiro atoms. The third kappa shape index (κ3) is 5.10. The number of aliphatic hydroxyl groups excluding tert-OH is 1. The summed E-state index contributed by atoms with van der Waals surface area (Å²) in [7, 11) is 1.43. The van der Waals surface area contributed by atoms with Crippen LogP contribution in [0, 0.1) is 10.1 Å². The fourth-order valence-corrected chi connectivity index (χ4v) is 4.09. The molecule has 9 heteroatoms. The van der Waals surface area contributed by atoms with Gasteiger partial charge in [-0.3, -0.25) is 15.1 Å². The van der Waals surface area contributed by atoms with Crippen LogP contribution < -0.4 is 9.47 Å². The minimum atomic E-state index is -1.10. The highest BCUT2D eigenvalue weighted by Gasteiger charge is 2.27. The number of hydrogen-bond donors (Lipinski definition) is 1. The summed E-state index contributed by atoms with van der Waals surface area (Å²) in [4.78, 5) is 14.9. The van der Waals surface area contributed by atoms with Gasteiger partial charge in [-0.05, 0) is 50.2 Å². The molecule has 1 aliphatic rings. The lowest BCUT2D eigenvalue weighted by molar-refractivity contribution is -0.386. The number of aromatic nitrogens is 1. The Labute approximate surface area is 178 Å². The number of methoxy groups -OCH3 is 1. The molecule has 2 aromatic rings. The summed E-state index contributed by atoms with van der Waals surface area (Å²) in [6, 6.07) is 2.81. The van der Waals surface area contributed by atoms with Crippen molar-refractivity contribution in [1.82, 2.24) is 4.98 Å². The zero-order chi connectivity index (χ0) is 21.0. The van der Waals surface area contributed by atoms with Crippen LogP contribution in [-0.2, 0) is 6.42 Å².